The van der Waals surface area contributed by atoms with Crippen molar-refractivity contribution in [3.8, 4) is 0 Å². The number of unbranched alkanes of at least 4 members (excludes halogenated alkanes) is 10. The molecule has 5 heteroatoms. The highest BCUT2D eigenvalue weighted by molar-refractivity contribution is 7.85. The van der Waals surface area contributed by atoms with E-state index in [0.717, 1.165) is 30.4 Å². The van der Waals surface area contributed by atoms with Crippen LogP contribution in [-0.2, 0) is 23.1 Å². The molecule has 0 saturated heterocycles. The molecule has 0 unspecified atom stereocenters. The van der Waals surface area contributed by atoms with E-state index in [4.69, 9.17) is 4.55 Å². The van der Waals surface area contributed by atoms with E-state index in [9.17, 15) is 8.42 Å². The fourth-order valence-electron chi connectivity index (χ4n) is 4.12. The molecule has 0 bridgehead atoms. The van der Waals surface area contributed by atoms with Crippen LogP contribution in [0, 0.1) is 0 Å². The molecule has 0 amide bonds. The van der Waals surface area contributed by atoms with Gasteiger partial charge in [-0.1, -0.05) is 89.0 Å². The predicted octanol–water partition coefficient (Wildman–Crippen LogP) is 6.39. The topological polar surface area (TPSA) is 54.4 Å². The first-order chi connectivity index (χ1) is 14.2. The molecule has 0 fully saturated rings. The van der Waals surface area contributed by atoms with E-state index in [1.165, 1.54) is 75.3 Å². The summed E-state index contributed by atoms with van der Waals surface area (Å²) >= 11 is 0. The fraction of sp³-hybridized carbons (Fsp3) is 0.760. The van der Waals surface area contributed by atoms with Gasteiger partial charge in [0.05, 0.1) is 26.4 Å². The summed E-state index contributed by atoms with van der Waals surface area (Å²) in [6, 6.07) is 8.77. The van der Waals surface area contributed by atoms with Crippen LogP contribution in [-0.4, -0.2) is 43.8 Å². The van der Waals surface area contributed by atoms with Crippen LogP contribution in [0.15, 0.2) is 24.3 Å². The van der Waals surface area contributed by atoms with Gasteiger partial charge in [-0.2, -0.15) is 8.42 Å². The minimum absolute atomic E-state index is 0.137. The molecule has 0 heterocycles. The lowest BCUT2D eigenvalue weighted by Gasteiger charge is -2.30. The van der Waals surface area contributed by atoms with Crippen LogP contribution >= 0.6 is 0 Å². The van der Waals surface area contributed by atoms with Gasteiger partial charge in [-0.05, 0) is 31.2 Å². The van der Waals surface area contributed by atoms with Gasteiger partial charge >= 0.3 is 0 Å². The van der Waals surface area contributed by atoms with E-state index in [1.54, 1.807) is 0 Å². The highest BCUT2D eigenvalue weighted by Crippen LogP contribution is 2.19. The Labute approximate surface area is 186 Å². The zero-order valence-corrected chi connectivity index (χ0v) is 20.6. The summed E-state index contributed by atoms with van der Waals surface area (Å²) in [4.78, 5) is 0. The summed E-state index contributed by atoms with van der Waals surface area (Å²) in [5.74, 6) is -0.137. The molecule has 174 valence electrons. The Morgan fingerprint density at radius 2 is 1.30 bits per heavy atom. The molecule has 30 heavy (non-hydrogen) atoms. The number of hydrogen-bond donors (Lipinski definition) is 1. The second-order valence-electron chi connectivity index (χ2n) is 9.51. The average Bonchev–Trinajstić information content (AvgIpc) is 2.67. The highest BCUT2D eigenvalue weighted by Gasteiger charge is 2.18. The van der Waals surface area contributed by atoms with Gasteiger partial charge in [0, 0.05) is 5.56 Å². The summed E-state index contributed by atoms with van der Waals surface area (Å²) in [5, 5.41) is 0. The predicted molar refractivity (Wildman–Crippen MR) is 128 cm³/mol. The molecule has 1 rings (SSSR count). The van der Waals surface area contributed by atoms with Crippen LogP contribution in [0.1, 0.15) is 95.1 Å². The van der Waals surface area contributed by atoms with E-state index >= 15 is 0 Å². The first-order valence-electron chi connectivity index (χ1n) is 12.1. The van der Waals surface area contributed by atoms with Gasteiger partial charge < -0.3 is 4.48 Å². The zero-order chi connectivity index (χ0) is 22.3. The Morgan fingerprint density at radius 3 is 1.87 bits per heavy atom. The van der Waals surface area contributed by atoms with Crippen LogP contribution in [0.2, 0.25) is 0 Å². The van der Waals surface area contributed by atoms with Gasteiger partial charge in [0.2, 0.25) is 0 Å². The zero-order valence-electron chi connectivity index (χ0n) is 19.7. The molecule has 0 aliphatic rings. The Kier molecular flexibility index (Phi) is 13.5. The largest absolute Gasteiger partial charge is 0.325 e. The molecular formula is C25H46NO3S+. The van der Waals surface area contributed by atoms with Crippen molar-refractivity contribution in [1.82, 2.24) is 0 Å². The van der Waals surface area contributed by atoms with Gasteiger partial charge in [0.1, 0.15) is 6.54 Å². The second-order valence-corrected chi connectivity index (χ2v) is 11.1. The van der Waals surface area contributed by atoms with Crippen molar-refractivity contribution in [2.45, 2.75) is 96.9 Å². The van der Waals surface area contributed by atoms with Crippen molar-refractivity contribution in [3.05, 3.63) is 35.4 Å². The standard InChI is InChI=1S/C25H45NO3S/c1-4-5-6-7-8-9-10-11-12-13-18-24-19-14-15-20-25(24)23-26(2,3)21-16-17-22-30(27,28)29/h14-15,19-20H,4-13,16-18,21-23H2,1-3H3/p+1. The third kappa shape index (κ3) is 14.2. The van der Waals surface area contributed by atoms with Crippen LogP contribution in [0.25, 0.3) is 0 Å². The highest BCUT2D eigenvalue weighted by atomic mass is 32.2. The van der Waals surface area contributed by atoms with Crippen LogP contribution in [0.4, 0.5) is 0 Å². The maximum Gasteiger partial charge on any atom is 0.264 e. The van der Waals surface area contributed by atoms with Crippen LogP contribution < -0.4 is 0 Å². The minimum Gasteiger partial charge on any atom is -0.325 e. The van der Waals surface area contributed by atoms with Crippen molar-refractivity contribution in [2.75, 3.05) is 26.4 Å². The van der Waals surface area contributed by atoms with Crippen molar-refractivity contribution < 1.29 is 17.5 Å². The second kappa shape index (κ2) is 15.0. The Bertz CT molecular complexity index is 671. The van der Waals surface area contributed by atoms with E-state index < -0.39 is 10.1 Å². The van der Waals surface area contributed by atoms with Gasteiger partial charge in [-0.15, -0.1) is 0 Å². The summed E-state index contributed by atoms with van der Waals surface area (Å²) in [6.07, 6.45) is 16.1. The molecule has 1 aromatic carbocycles. The summed E-state index contributed by atoms with van der Waals surface area (Å²) in [5.41, 5.74) is 2.87. The Balaban J connectivity index is 2.30. The Hall–Kier alpha value is -0.910. The maximum absolute atomic E-state index is 10.9. The van der Waals surface area contributed by atoms with E-state index in [0.29, 0.717) is 6.42 Å². The van der Waals surface area contributed by atoms with Gasteiger partial charge in [-0.25, -0.2) is 0 Å². The smallest absolute Gasteiger partial charge is 0.264 e. The lowest BCUT2D eigenvalue weighted by molar-refractivity contribution is -0.903. The first kappa shape index (κ1) is 27.1. The van der Waals surface area contributed by atoms with Crippen molar-refractivity contribution in [1.29, 1.82) is 0 Å². The first-order valence-corrected chi connectivity index (χ1v) is 13.7. The number of aryl methyl sites for hydroxylation is 1. The van der Waals surface area contributed by atoms with Crippen LogP contribution in [0.3, 0.4) is 0 Å². The third-order valence-corrected chi connectivity index (χ3v) is 6.74. The SMILES string of the molecule is CCCCCCCCCCCCc1ccccc1C[N+](C)(C)CCCCS(=O)(=O)O. The average molecular weight is 441 g/mol. The number of quaternary nitrogens is 1. The molecule has 4 nitrogen and oxygen atoms in total. The van der Waals surface area contributed by atoms with Gasteiger partial charge in [0.25, 0.3) is 10.1 Å². The lowest BCUT2D eigenvalue weighted by Crippen LogP contribution is -2.40. The maximum atomic E-state index is 10.9. The van der Waals surface area contributed by atoms with E-state index in [-0.39, 0.29) is 5.75 Å². The van der Waals surface area contributed by atoms with Crippen molar-refractivity contribution >= 4 is 10.1 Å². The number of rotatable bonds is 18. The van der Waals surface area contributed by atoms with Gasteiger partial charge in [-0.3, -0.25) is 4.55 Å². The molecule has 0 saturated carbocycles. The monoisotopic (exact) mass is 440 g/mol. The Morgan fingerprint density at radius 1 is 0.767 bits per heavy atom. The van der Waals surface area contributed by atoms with E-state index in [2.05, 4.69) is 45.3 Å². The minimum atomic E-state index is -3.84. The summed E-state index contributed by atoms with van der Waals surface area (Å²) in [6.45, 7) is 4.13. The quantitative estimate of drug-likeness (QED) is 0.163. The summed E-state index contributed by atoms with van der Waals surface area (Å²) in [7, 11) is 0.559. The lowest BCUT2D eigenvalue weighted by atomic mass is 9.99. The molecular weight excluding hydrogens is 394 g/mol. The molecule has 0 atom stereocenters. The van der Waals surface area contributed by atoms with Crippen molar-refractivity contribution in [3.63, 3.8) is 0 Å². The molecule has 0 spiro atoms. The van der Waals surface area contributed by atoms with Crippen LogP contribution in [0.5, 0.6) is 0 Å². The number of benzene rings is 1. The fourth-order valence-corrected chi connectivity index (χ4v) is 4.69. The van der Waals surface area contributed by atoms with Crippen molar-refractivity contribution in [2.24, 2.45) is 0 Å². The molecule has 1 N–H and O–H groups in total. The number of nitrogens with zero attached hydrogens (tertiary/aromatic N) is 1. The van der Waals surface area contributed by atoms with E-state index in [1.807, 2.05) is 0 Å². The van der Waals surface area contributed by atoms with Gasteiger partial charge in [0.15, 0.2) is 0 Å². The normalized spacial score (nSPS) is 12.4. The molecule has 0 aromatic heterocycles. The number of hydrogen-bond acceptors (Lipinski definition) is 2. The molecule has 0 aliphatic heterocycles. The molecule has 0 aliphatic carbocycles. The molecule has 0 radical (unpaired) electrons. The summed E-state index contributed by atoms with van der Waals surface area (Å²) < 4.78 is 31.5. The third-order valence-electron chi connectivity index (χ3n) is 5.93. The molecule has 1 aromatic rings.